The molecule has 0 N–H and O–H groups in total. The molecule has 0 spiro atoms. The molecule has 0 aliphatic rings. The largest absolute Gasteiger partial charge is 0.494 e. The van der Waals surface area contributed by atoms with Crippen LogP contribution in [0.25, 0.3) is 10.8 Å². The summed E-state index contributed by atoms with van der Waals surface area (Å²) in [6.45, 7) is -0.579. The molecular weight excluding hydrogens is 487 g/mol. The SMILES string of the molecule is CCCOc1ccc(CCc2ccc3c(F)c(CCc4cc(F)c(OC(F)F)c(F)c4)ccc3c2)cc1. The van der Waals surface area contributed by atoms with Gasteiger partial charge in [0.25, 0.3) is 0 Å². The number of fused-ring (bicyclic) bond motifs is 1. The average molecular weight is 515 g/mol. The van der Waals surface area contributed by atoms with E-state index in [-0.39, 0.29) is 24.2 Å². The molecule has 7 heteroatoms. The highest BCUT2D eigenvalue weighted by Crippen LogP contribution is 2.27. The first-order chi connectivity index (χ1) is 17.8. The highest BCUT2D eigenvalue weighted by atomic mass is 19.3. The molecule has 0 fully saturated rings. The van der Waals surface area contributed by atoms with E-state index < -0.39 is 24.0 Å². The van der Waals surface area contributed by atoms with Gasteiger partial charge in [-0.1, -0.05) is 49.4 Å². The van der Waals surface area contributed by atoms with Crippen LogP contribution in [0.15, 0.2) is 66.7 Å². The van der Waals surface area contributed by atoms with Gasteiger partial charge in [0.15, 0.2) is 17.4 Å². The summed E-state index contributed by atoms with van der Waals surface area (Å²) in [5, 5.41) is 1.24. The van der Waals surface area contributed by atoms with Crippen molar-refractivity contribution in [1.82, 2.24) is 0 Å². The van der Waals surface area contributed by atoms with Gasteiger partial charge < -0.3 is 9.47 Å². The lowest BCUT2D eigenvalue weighted by Gasteiger charge is -2.11. The number of hydrogen-bond donors (Lipinski definition) is 0. The predicted octanol–water partition coefficient (Wildman–Crippen LogP) is 8.22. The molecule has 0 amide bonds. The number of aryl methyl sites for hydroxylation is 4. The van der Waals surface area contributed by atoms with Crippen molar-refractivity contribution in [2.75, 3.05) is 6.61 Å². The summed E-state index contributed by atoms with van der Waals surface area (Å²) < 4.78 is 77.3. The molecule has 194 valence electrons. The smallest absolute Gasteiger partial charge is 0.387 e. The Bertz CT molecular complexity index is 1330. The third-order valence-corrected chi connectivity index (χ3v) is 6.15. The van der Waals surface area contributed by atoms with Crippen molar-refractivity contribution in [3.8, 4) is 11.5 Å². The molecule has 2 nitrogen and oxygen atoms in total. The van der Waals surface area contributed by atoms with Gasteiger partial charge in [0.05, 0.1) is 6.61 Å². The summed E-state index contributed by atoms with van der Waals surface area (Å²) in [5.74, 6) is -3.09. The number of hydrogen-bond acceptors (Lipinski definition) is 2. The second-order valence-corrected chi connectivity index (χ2v) is 8.85. The van der Waals surface area contributed by atoms with Gasteiger partial charge in [-0.15, -0.1) is 0 Å². The predicted molar refractivity (Wildman–Crippen MR) is 134 cm³/mol. The first-order valence-electron chi connectivity index (χ1n) is 12.2. The molecule has 4 aromatic rings. The molecule has 0 unspecified atom stereocenters. The van der Waals surface area contributed by atoms with Crippen LogP contribution in [0.3, 0.4) is 0 Å². The summed E-state index contributed by atoms with van der Waals surface area (Å²) >= 11 is 0. The number of ether oxygens (including phenoxy) is 2. The van der Waals surface area contributed by atoms with E-state index in [4.69, 9.17) is 4.74 Å². The maximum Gasteiger partial charge on any atom is 0.387 e. The van der Waals surface area contributed by atoms with Crippen LogP contribution in [-0.4, -0.2) is 13.2 Å². The van der Waals surface area contributed by atoms with Gasteiger partial charge in [-0.3, -0.25) is 0 Å². The lowest BCUT2D eigenvalue weighted by atomic mass is 9.97. The van der Waals surface area contributed by atoms with Crippen molar-refractivity contribution in [3.05, 3.63) is 106 Å². The van der Waals surface area contributed by atoms with Crippen LogP contribution in [0.1, 0.15) is 35.6 Å². The Morgan fingerprint density at radius 3 is 2.03 bits per heavy atom. The summed E-state index contributed by atoms with van der Waals surface area (Å²) in [6, 6.07) is 19.0. The van der Waals surface area contributed by atoms with Crippen LogP contribution in [0.2, 0.25) is 0 Å². The van der Waals surface area contributed by atoms with Crippen molar-refractivity contribution < 1.29 is 31.4 Å². The van der Waals surface area contributed by atoms with Gasteiger partial charge >= 0.3 is 6.61 Å². The third-order valence-electron chi connectivity index (χ3n) is 6.15. The Balaban J connectivity index is 1.41. The van der Waals surface area contributed by atoms with E-state index in [1.165, 1.54) is 5.56 Å². The van der Waals surface area contributed by atoms with E-state index in [2.05, 4.69) is 23.8 Å². The normalized spacial score (nSPS) is 11.3. The average Bonchev–Trinajstić information content (AvgIpc) is 2.88. The Kier molecular flexibility index (Phi) is 8.64. The fourth-order valence-corrected chi connectivity index (χ4v) is 4.23. The van der Waals surface area contributed by atoms with Crippen molar-refractivity contribution >= 4 is 10.8 Å². The lowest BCUT2D eigenvalue weighted by Crippen LogP contribution is -2.06. The van der Waals surface area contributed by atoms with Crippen LogP contribution in [0.4, 0.5) is 22.0 Å². The van der Waals surface area contributed by atoms with Gasteiger partial charge in [-0.2, -0.15) is 8.78 Å². The number of alkyl halides is 2. The maximum absolute atomic E-state index is 15.2. The summed E-state index contributed by atoms with van der Waals surface area (Å²) in [4.78, 5) is 0. The van der Waals surface area contributed by atoms with Crippen molar-refractivity contribution in [2.45, 2.75) is 45.6 Å². The highest BCUT2D eigenvalue weighted by molar-refractivity contribution is 5.84. The fraction of sp³-hybridized carbons (Fsp3) is 0.267. The topological polar surface area (TPSA) is 18.5 Å². The van der Waals surface area contributed by atoms with E-state index in [0.717, 1.165) is 48.1 Å². The number of benzene rings is 4. The summed E-state index contributed by atoms with van der Waals surface area (Å²) in [7, 11) is 0. The standard InChI is InChI=1S/C30H27F5O2/c1-2-15-36-24-12-6-19(7-13-24)3-4-20-8-14-25-23(16-20)11-10-22(28(25)33)9-5-21-17-26(31)29(27(32)18-21)37-30(34)35/h6-8,10-14,16-18,30H,2-5,9,15H2,1H3. The van der Waals surface area contributed by atoms with E-state index >= 15 is 4.39 Å². The molecule has 0 aliphatic heterocycles. The quantitative estimate of drug-likeness (QED) is 0.188. The Morgan fingerprint density at radius 1 is 0.703 bits per heavy atom. The second kappa shape index (κ2) is 12.1. The van der Waals surface area contributed by atoms with Gasteiger partial charge in [0, 0.05) is 5.39 Å². The summed E-state index contributed by atoms with van der Waals surface area (Å²) in [6.07, 6.45) is 2.92. The number of rotatable bonds is 11. The molecule has 37 heavy (non-hydrogen) atoms. The minimum absolute atomic E-state index is 0.131. The zero-order valence-corrected chi connectivity index (χ0v) is 20.4. The minimum Gasteiger partial charge on any atom is -0.494 e. The molecular formula is C30H27F5O2. The Hall–Kier alpha value is -3.61. The van der Waals surface area contributed by atoms with Crippen LogP contribution in [0.5, 0.6) is 11.5 Å². The van der Waals surface area contributed by atoms with Gasteiger partial charge in [-0.05, 0) is 84.0 Å². The van der Waals surface area contributed by atoms with E-state index in [1.807, 2.05) is 30.3 Å². The Labute approximate surface area is 212 Å². The van der Waals surface area contributed by atoms with Crippen molar-refractivity contribution in [1.29, 1.82) is 0 Å². The van der Waals surface area contributed by atoms with Crippen LogP contribution < -0.4 is 9.47 Å². The lowest BCUT2D eigenvalue weighted by molar-refractivity contribution is -0.0546. The van der Waals surface area contributed by atoms with Gasteiger partial charge in [-0.25, -0.2) is 13.2 Å². The molecule has 0 heterocycles. The molecule has 0 radical (unpaired) electrons. The zero-order chi connectivity index (χ0) is 26.4. The van der Waals surface area contributed by atoms with E-state index in [9.17, 15) is 17.6 Å². The first kappa shape index (κ1) is 26.5. The van der Waals surface area contributed by atoms with E-state index in [1.54, 1.807) is 12.1 Å². The zero-order valence-electron chi connectivity index (χ0n) is 20.4. The van der Waals surface area contributed by atoms with Crippen molar-refractivity contribution in [2.24, 2.45) is 0 Å². The molecule has 0 aromatic heterocycles. The van der Waals surface area contributed by atoms with Gasteiger partial charge in [0.2, 0.25) is 0 Å². The molecule has 0 bridgehead atoms. The molecule has 0 saturated carbocycles. The van der Waals surface area contributed by atoms with Crippen molar-refractivity contribution in [3.63, 3.8) is 0 Å². The fourth-order valence-electron chi connectivity index (χ4n) is 4.23. The summed E-state index contributed by atoms with van der Waals surface area (Å²) in [5.41, 5.74) is 2.89. The van der Waals surface area contributed by atoms with Gasteiger partial charge in [0.1, 0.15) is 11.6 Å². The first-order valence-corrected chi connectivity index (χ1v) is 12.2. The third kappa shape index (κ3) is 6.79. The Morgan fingerprint density at radius 2 is 1.35 bits per heavy atom. The minimum atomic E-state index is -3.33. The van der Waals surface area contributed by atoms with Crippen LogP contribution in [0, 0.1) is 17.5 Å². The highest BCUT2D eigenvalue weighted by Gasteiger charge is 2.17. The van der Waals surface area contributed by atoms with Crippen LogP contribution in [-0.2, 0) is 25.7 Å². The van der Waals surface area contributed by atoms with Crippen LogP contribution >= 0.6 is 0 Å². The molecule has 0 saturated heterocycles. The second-order valence-electron chi connectivity index (χ2n) is 8.85. The molecule has 4 rings (SSSR count). The monoisotopic (exact) mass is 514 g/mol. The molecule has 0 aliphatic carbocycles. The number of halogens is 5. The maximum atomic E-state index is 15.2. The molecule has 4 aromatic carbocycles. The molecule has 0 atom stereocenters. The van der Waals surface area contributed by atoms with E-state index in [0.29, 0.717) is 17.6 Å².